The number of esters is 2. The molecule has 0 fully saturated rings. The molecule has 1 aliphatic rings. The minimum Gasteiger partial charge on any atom is -0.462 e. The topological polar surface area (TPSA) is 102 Å². The van der Waals surface area contributed by atoms with E-state index in [0.717, 1.165) is 10.5 Å². The molecule has 0 saturated heterocycles. The smallest absolute Gasteiger partial charge is 0.343 e. The normalized spacial score (nSPS) is 13.5. The first kappa shape index (κ1) is 28.6. The fourth-order valence-corrected chi connectivity index (χ4v) is 4.32. The molecule has 0 bridgehead atoms. The summed E-state index contributed by atoms with van der Waals surface area (Å²) in [6.45, 7) is 8.16. The van der Waals surface area contributed by atoms with Crippen molar-refractivity contribution < 1.29 is 28.7 Å². The minimum atomic E-state index is -0.775. The highest BCUT2D eigenvalue weighted by atomic mass is 35.5. The summed E-state index contributed by atoms with van der Waals surface area (Å²) in [6.07, 6.45) is 0.623. The lowest BCUT2D eigenvalue weighted by Crippen LogP contribution is -2.33. The van der Waals surface area contributed by atoms with E-state index >= 15 is 0 Å². The molecule has 3 aromatic carbocycles. The van der Waals surface area contributed by atoms with Crippen LogP contribution in [0.2, 0.25) is 0 Å². The highest BCUT2D eigenvalue weighted by molar-refractivity contribution is 6.53. The molecule has 4 rings (SSSR count). The maximum atomic E-state index is 13.3. The lowest BCUT2D eigenvalue weighted by atomic mass is 9.86. The lowest BCUT2D eigenvalue weighted by molar-refractivity contribution is -0.120. The lowest BCUT2D eigenvalue weighted by Gasteiger charge is -2.22. The Balaban J connectivity index is 1.51. The summed E-state index contributed by atoms with van der Waals surface area (Å²) < 4.78 is 10.9. The molecule has 8 nitrogen and oxygen atoms in total. The van der Waals surface area contributed by atoms with Crippen molar-refractivity contribution >= 4 is 46.7 Å². The third-order valence-corrected chi connectivity index (χ3v) is 6.47. The quantitative estimate of drug-likeness (QED) is 0.199. The molecule has 1 aliphatic heterocycles. The summed E-state index contributed by atoms with van der Waals surface area (Å²) in [5.74, 6) is -2.21. The van der Waals surface area contributed by atoms with Gasteiger partial charge < -0.3 is 14.8 Å². The SMILES string of the molecule is CCCOC(=O)c1ccccc1N1C(=O)C(Cl)=C(Nc2ccc(C(=O)Oc3ccccc3C(C)(C)C)cc2)C1=O. The van der Waals surface area contributed by atoms with E-state index in [1.165, 1.54) is 24.3 Å². The Hall–Kier alpha value is -4.43. The number of hydrogen-bond donors (Lipinski definition) is 1. The first-order valence-electron chi connectivity index (χ1n) is 12.8. The predicted octanol–water partition coefficient (Wildman–Crippen LogP) is 6.21. The molecule has 40 heavy (non-hydrogen) atoms. The van der Waals surface area contributed by atoms with E-state index < -0.39 is 23.8 Å². The maximum absolute atomic E-state index is 13.3. The Morgan fingerprint density at radius 1 is 0.875 bits per heavy atom. The number of imide groups is 1. The summed E-state index contributed by atoms with van der Waals surface area (Å²) in [6, 6.07) is 19.7. The highest BCUT2D eigenvalue weighted by Gasteiger charge is 2.40. The summed E-state index contributed by atoms with van der Waals surface area (Å²) in [7, 11) is 0. The van der Waals surface area contributed by atoms with Gasteiger partial charge in [-0.05, 0) is 54.3 Å². The zero-order valence-corrected chi connectivity index (χ0v) is 23.4. The van der Waals surface area contributed by atoms with Crippen molar-refractivity contribution in [2.24, 2.45) is 0 Å². The number of amides is 2. The average Bonchev–Trinajstić information content (AvgIpc) is 3.14. The van der Waals surface area contributed by atoms with Crippen molar-refractivity contribution in [1.82, 2.24) is 0 Å². The summed E-state index contributed by atoms with van der Waals surface area (Å²) in [4.78, 5) is 52.5. The molecule has 0 atom stereocenters. The zero-order valence-electron chi connectivity index (χ0n) is 22.6. The molecule has 0 aliphatic carbocycles. The van der Waals surface area contributed by atoms with Crippen molar-refractivity contribution in [3.05, 3.63) is 100 Å². The largest absolute Gasteiger partial charge is 0.462 e. The van der Waals surface area contributed by atoms with Crippen LogP contribution in [0.5, 0.6) is 5.75 Å². The van der Waals surface area contributed by atoms with Gasteiger partial charge in [-0.25, -0.2) is 14.5 Å². The minimum absolute atomic E-state index is 0.0688. The number of hydrogen-bond acceptors (Lipinski definition) is 7. The Morgan fingerprint density at radius 2 is 1.52 bits per heavy atom. The van der Waals surface area contributed by atoms with Gasteiger partial charge in [-0.15, -0.1) is 0 Å². The molecule has 0 spiro atoms. The number of nitrogens with one attached hydrogen (secondary N) is 1. The van der Waals surface area contributed by atoms with E-state index in [2.05, 4.69) is 5.32 Å². The molecule has 9 heteroatoms. The van der Waals surface area contributed by atoms with Crippen LogP contribution in [0.15, 0.2) is 83.5 Å². The van der Waals surface area contributed by atoms with Gasteiger partial charge in [0, 0.05) is 11.3 Å². The average molecular weight is 561 g/mol. The molecule has 3 aromatic rings. The van der Waals surface area contributed by atoms with E-state index in [9.17, 15) is 19.2 Å². The summed E-state index contributed by atoms with van der Waals surface area (Å²) in [5.41, 5.74) is 1.38. The zero-order chi connectivity index (χ0) is 29.0. The number of benzene rings is 3. The van der Waals surface area contributed by atoms with Gasteiger partial charge in [0.2, 0.25) is 0 Å². The van der Waals surface area contributed by atoms with Crippen LogP contribution >= 0.6 is 11.6 Å². The predicted molar refractivity (Wildman–Crippen MR) is 153 cm³/mol. The molecular weight excluding hydrogens is 532 g/mol. The number of anilines is 2. The van der Waals surface area contributed by atoms with E-state index in [1.807, 2.05) is 39.8 Å². The van der Waals surface area contributed by atoms with Crippen molar-refractivity contribution in [2.45, 2.75) is 39.5 Å². The molecule has 1 N–H and O–H groups in total. The Labute approximate surface area is 237 Å². The maximum Gasteiger partial charge on any atom is 0.343 e. The van der Waals surface area contributed by atoms with Crippen LogP contribution in [-0.2, 0) is 19.7 Å². The van der Waals surface area contributed by atoms with Gasteiger partial charge in [0.05, 0.1) is 23.4 Å². The van der Waals surface area contributed by atoms with Gasteiger partial charge in [0.15, 0.2) is 0 Å². The van der Waals surface area contributed by atoms with Crippen LogP contribution in [0.3, 0.4) is 0 Å². The van der Waals surface area contributed by atoms with Gasteiger partial charge in [0.1, 0.15) is 16.5 Å². The molecule has 0 unspecified atom stereocenters. The monoisotopic (exact) mass is 560 g/mol. The number of para-hydroxylation sites is 2. The number of carbonyl (C=O) groups excluding carboxylic acids is 4. The Morgan fingerprint density at radius 3 is 2.20 bits per heavy atom. The van der Waals surface area contributed by atoms with E-state index in [1.54, 1.807) is 36.4 Å². The molecule has 1 heterocycles. The van der Waals surface area contributed by atoms with Gasteiger partial charge in [-0.1, -0.05) is 69.6 Å². The van der Waals surface area contributed by atoms with Crippen LogP contribution in [-0.4, -0.2) is 30.4 Å². The molecule has 2 amide bonds. The summed E-state index contributed by atoms with van der Waals surface area (Å²) in [5, 5.41) is 2.54. The van der Waals surface area contributed by atoms with Gasteiger partial charge >= 0.3 is 11.9 Å². The van der Waals surface area contributed by atoms with Crippen molar-refractivity contribution in [3.63, 3.8) is 0 Å². The molecule has 0 radical (unpaired) electrons. The summed E-state index contributed by atoms with van der Waals surface area (Å²) >= 11 is 6.27. The number of ether oxygens (including phenoxy) is 2. The standard InChI is InChI=1S/C31H29ClN2O6/c1-5-18-39-30(38)21-10-6-8-12-23(21)34-27(35)25(32)26(28(34)36)33-20-16-14-19(15-17-20)29(37)40-24-13-9-7-11-22(24)31(2,3)4/h6-17,33H,5,18H2,1-4H3. The highest BCUT2D eigenvalue weighted by Crippen LogP contribution is 2.33. The van der Waals surface area contributed by atoms with Crippen LogP contribution < -0.4 is 15.0 Å². The van der Waals surface area contributed by atoms with E-state index in [0.29, 0.717) is 23.4 Å². The second-order valence-corrected chi connectivity index (χ2v) is 10.5. The van der Waals surface area contributed by atoms with Crippen molar-refractivity contribution in [1.29, 1.82) is 0 Å². The van der Waals surface area contributed by atoms with Crippen LogP contribution in [0.1, 0.15) is 60.4 Å². The first-order valence-corrected chi connectivity index (χ1v) is 13.1. The fourth-order valence-electron chi connectivity index (χ4n) is 4.11. The molecule has 0 saturated carbocycles. The third kappa shape index (κ3) is 5.92. The molecule has 0 aromatic heterocycles. The van der Waals surface area contributed by atoms with Gasteiger partial charge in [-0.3, -0.25) is 9.59 Å². The van der Waals surface area contributed by atoms with Crippen LogP contribution in [0.4, 0.5) is 11.4 Å². The Kier molecular flexibility index (Phi) is 8.40. The van der Waals surface area contributed by atoms with Crippen molar-refractivity contribution in [3.8, 4) is 5.75 Å². The van der Waals surface area contributed by atoms with Crippen molar-refractivity contribution in [2.75, 3.05) is 16.8 Å². The van der Waals surface area contributed by atoms with Gasteiger partial charge in [-0.2, -0.15) is 0 Å². The third-order valence-electron chi connectivity index (χ3n) is 6.12. The second-order valence-electron chi connectivity index (χ2n) is 10.1. The number of halogens is 1. The fraction of sp³-hybridized carbons (Fsp3) is 0.226. The van der Waals surface area contributed by atoms with E-state index in [-0.39, 0.29) is 34.0 Å². The number of carbonyl (C=O) groups is 4. The second kappa shape index (κ2) is 11.8. The number of rotatable bonds is 8. The van der Waals surface area contributed by atoms with E-state index in [4.69, 9.17) is 21.1 Å². The van der Waals surface area contributed by atoms with Crippen LogP contribution in [0.25, 0.3) is 0 Å². The Bertz CT molecular complexity index is 1500. The first-order chi connectivity index (χ1) is 19.0. The van der Waals surface area contributed by atoms with Gasteiger partial charge in [0.25, 0.3) is 11.8 Å². The van der Waals surface area contributed by atoms with Crippen LogP contribution in [0, 0.1) is 0 Å². The molecular formula is C31H29ClN2O6. The number of nitrogens with zero attached hydrogens (tertiary/aromatic N) is 1. The molecule has 206 valence electrons.